The van der Waals surface area contributed by atoms with Crippen LogP contribution >= 0.6 is 0 Å². The number of imide groups is 1. The molecular formula is C27H45N5O6. The molecule has 38 heavy (non-hydrogen) atoms. The zero-order valence-corrected chi connectivity index (χ0v) is 23.1. The maximum absolute atomic E-state index is 13.3. The van der Waals surface area contributed by atoms with Crippen molar-refractivity contribution in [2.24, 2.45) is 23.5 Å². The minimum Gasteiger partial charge on any atom is -0.353 e. The van der Waals surface area contributed by atoms with E-state index in [1.807, 2.05) is 27.7 Å². The molecule has 0 aromatic heterocycles. The van der Waals surface area contributed by atoms with Gasteiger partial charge in [0.15, 0.2) is 5.78 Å². The average molecular weight is 537 g/mol. The molecule has 1 unspecified atom stereocenters. The molecule has 6 amide bonds. The number of hydrogen-bond acceptors (Lipinski definition) is 6. The lowest BCUT2D eigenvalue weighted by molar-refractivity contribution is -0.137. The van der Waals surface area contributed by atoms with Crippen molar-refractivity contribution in [1.29, 1.82) is 0 Å². The van der Waals surface area contributed by atoms with Gasteiger partial charge < -0.3 is 21.7 Å². The molecule has 0 fully saturated rings. The SMILES string of the molecule is [2H]C[C@@H](NC(=O)C(CCCNC(N)=O)CC(=O)[C@@H](NC(=O)CCCCCN1C(=O)C=CC1=O)C(C)C)C(C)C. The molecule has 11 heteroatoms. The van der Waals surface area contributed by atoms with Gasteiger partial charge >= 0.3 is 6.03 Å². The van der Waals surface area contributed by atoms with Gasteiger partial charge in [-0.2, -0.15) is 0 Å². The summed E-state index contributed by atoms with van der Waals surface area (Å²) in [7, 11) is 0. The molecule has 214 valence electrons. The van der Waals surface area contributed by atoms with Gasteiger partial charge in [-0.05, 0) is 44.4 Å². The number of hydrogen-bond donors (Lipinski definition) is 4. The Balaban J connectivity index is 2.67. The number of ketones is 1. The van der Waals surface area contributed by atoms with Crippen LogP contribution in [0.15, 0.2) is 12.2 Å². The molecule has 11 nitrogen and oxygen atoms in total. The second kappa shape index (κ2) is 16.6. The molecule has 1 aliphatic rings. The first-order valence-electron chi connectivity index (χ1n) is 14.1. The molecule has 0 saturated carbocycles. The number of urea groups is 1. The molecule has 1 heterocycles. The van der Waals surface area contributed by atoms with Gasteiger partial charge in [-0.1, -0.05) is 34.1 Å². The highest BCUT2D eigenvalue weighted by Crippen LogP contribution is 2.18. The number of amides is 6. The van der Waals surface area contributed by atoms with Crippen LogP contribution in [0.2, 0.25) is 0 Å². The number of nitrogens with zero attached hydrogens (tertiary/aromatic N) is 1. The number of primary amides is 1. The molecule has 0 radical (unpaired) electrons. The Morgan fingerprint density at radius 1 is 0.947 bits per heavy atom. The minimum absolute atomic E-state index is 0.0134. The van der Waals surface area contributed by atoms with E-state index in [-0.39, 0.29) is 73.6 Å². The van der Waals surface area contributed by atoms with E-state index in [0.717, 1.165) is 4.90 Å². The predicted molar refractivity (Wildman–Crippen MR) is 143 cm³/mol. The molecular weight excluding hydrogens is 490 g/mol. The van der Waals surface area contributed by atoms with Gasteiger partial charge in [-0.3, -0.25) is 28.9 Å². The summed E-state index contributed by atoms with van der Waals surface area (Å²) in [6.07, 6.45) is 5.11. The highest BCUT2D eigenvalue weighted by molar-refractivity contribution is 6.12. The topological polar surface area (TPSA) is 168 Å². The first kappa shape index (κ1) is 31.0. The molecule has 0 aromatic carbocycles. The maximum Gasteiger partial charge on any atom is 0.312 e. The lowest BCUT2D eigenvalue weighted by Gasteiger charge is -2.25. The molecule has 0 spiro atoms. The van der Waals surface area contributed by atoms with E-state index < -0.39 is 18.0 Å². The van der Waals surface area contributed by atoms with Crippen molar-refractivity contribution in [3.63, 3.8) is 0 Å². The normalized spacial score (nSPS) is 15.8. The Morgan fingerprint density at radius 3 is 2.16 bits per heavy atom. The molecule has 5 N–H and O–H groups in total. The second-order valence-electron chi connectivity index (χ2n) is 10.4. The highest BCUT2D eigenvalue weighted by atomic mass is 16.2. The molecule has 0 saturated heterocycles. The fraction of sp³-hybridized carbons (Fsp3) is 0.704. The standard InChI is InChI=1S/C27H45N5O6/c1-17(2)19(5)30-26(37)20(10-9-14-29-27(28)38)16-21(33)25(18(3)4)31-22(34)11-7-6-8-15-32-23(35)12-13-24(32)36/h12-13,17-20,25H,6-11,14-16H2,1-5H3,(H,30,37)(H,31,34)(H3,28,29,38)/t19-,20?,25+/m1/s1/i5D. The molecule has 0 aromatic rings. The van der Waals surface area contributed by atoms with Crippen molar-refractivity contribution < 1.29 is 30.1 Å². The van der Waals surface area contributed by atoms with Gasteiger partial charge in [0.2, 0.25) is 11.8 Å². The van der Waals surface area contributed by atoms with Gasteiger partial charge in [0.05, 0.1) is 6.04 Å². The van der Waals surface area contributed by atoms with E-state index >= 15 is 0 Å². The molecule has 0 bridgehead atoms. The number of nitrogens with two attached hydrogens (primary N) is 1. The zero-order valence-electron chi connectivity index (χ0n) is 24.1. The van der Waals surface area contributed by atoms with Crippen LogP contribution in [0.25, 0.3) is 0 Å². The lowest BCUT2D eigenvalue weighted by atomic mass is 9.89. The van der Waals surface area contributed by atoms with E-state index in [9.17, 15) is 28.8 Å². The Kier molecular flexibility index (Phi) is 13.5. The third kappa shape index (κ3) is 11.9. The minimum atomic E-state index is -0.764. The summed E-state index contributed by atoms with van der Waals surface area (Å²) in [5.74, 6) is -2.34. The predicted octanol–water partition coefficient (Wildman–Crippen LogP) is 1.80. The molecule has 3 atom stereocenters. The van der Waals surface area contributed by atoms with Crippen LogP contribution in [0.4, 0.5) is 4.79 Å². The summed E-state index contributed by atoms with van der Waals surface area (Å²) >= 11 is 0. The number of unbranched alkanes of at least 4 members (excludes halogenated alkanes) is 2. The van der Waals surface area contributed by atoms with Crippen molar-refractivity contribution in [3.8, 4) is 0 Å². The zero-order chi connectivity index (χ0) is 29.5. The van der Waals surface area contributed by atoms with Crippen LogP contribution in [0.3, 0.4) is 0 Å². The third-order valence-electron chi connectivity index (χ3n) is 6.50. The largest absolute Gasteiger partial charge is 0.353 e. The van der Waals surface area contributed by atoms with Crippen molar-refractivity contribution >= 4 is 35.4 Å². The van der Waals surface area contributed by atoms with Gasteiger partial charge in [-0.25, -0.2) is 4.79 Å². The van der Waals surface area contributed by atoms with Gasteiger partial charge in [-0.15, -0.1) is 0 Å². The first-order valence-corrected chi connectivity index (χ1v) is 13.4. The second-order valence-corrected chi connectivity index (χ2v) is 10.4. The van der Waals surface area contributed by atoms with Crippen LogP contribution in [-0.2, 0) is 24.0 Å². The molecule has 1 aliphatic heterocycles. The van der Waals surface area contributed by atoms with Crippen molar-refractivity contribution in [3.05, 3.63) is 12.2 Å². The summed E-state index contributed by atoms with van der Waals surface area (Å²) in [6, 6.07) is -1.78. The Morgan fingerprint density at radius 2 is 1.61 bits per heavy atom. The summed E-state index contributed by atoms with van der Waals surface area (Å²) in [6.45, 7) is 8.03. The van der Waals surface area contributed by atoms with E-state index in [1.54, 1.807) is 0 Å². The first-order chi connectivity index (χ1) is 18.4. The Hall–Kier alpha value is -3.24. The number of nitrogens with one attached hydrogen (secondary N) is 3. The quantitative estimate of drug-likeness (QED) is 0.154. The number of Topliss-reactive ketones (excluding diaryl/α,β-unsaturated/α-hetero) is 1. The number of carbonyl (C=O) groups excluding carboxylic acids is 6. The number of carbonyl (C=O) groups is 6. The Bertz CT molecular complexity index is 889. The van der Waals surface area contributed by atoms with Crippen LogP contribution < -0.4 is 21.7 Å². The monoisotopic (exact) mass is 536 g/mol. The summed E-state index contributed by atoms with van der Waals surface area (Å²) in [5, 5.41) is 8.15. The highest BCUT2D eigenvalue weighted by Gasteiger charge is 2.30. The third-order valence-corrected chi connectivity index (χ3v) is 6.50. The number of rotatable bonds is 18. The van der Waals surface area contributed by atoms with E-state index in [2.05, 4.69) is 16.0 Å². The summed E-state index contributed by atoms with van der Waals surface area (Å²) < 4.78 is 7.70. The summed E-state index contributed by atoms with van der Waals surface area (Å²) in [5.41, 5.74) is 5.10. The van der Waals surface area contributed by atoms with Crippen molar-refractivity contribution in [2.75, 3.05) is 13.1 Å². The lowest BCUT2D eigenvalue weighted by Crippen LogP contribution is -2.46. The smallest absolute Gasteiger partial charge is 0.312 e. The van der Waals surface area contributed by atoms with Crippen LogP contribution in [-0.4, -0.2) is 65.5 Å². The summed E-state index contributed by atoms with van der Waals surface area (Å²) in [4.78, 5) is 74.2. The molecule has 0 aliphatic carbocycles. The van der Waals surface area contributed by atoms with E-state index in [4.69, 9.17) is 7.10 Å². The van der Waals surface area contributed by atoms with Gasteiger partial charge in [0.1, 0.15) is 0 Å². The average Bonchev–Trinajstić information content (AvgIpc) is 3.18. The van der Waals surface area contributed by atoms with E-state index in [0.29, 0.717) is 38.6 Å². The van der Waals surface area contributed by atoms with Gasteiger partial charge in [0, 0.05) is 51.4 Å². The van der Waals surface area contributed by atoms with Crippen molar-refractivity contribution in [2.45, 2.75) is 91.6 Å². The maximum atomic E-state index is 13.3. The fourth-order valence-electron chi connectivity index (χ4n) is 3.97. The Labute approximate surface area is 227 Å². The molecule has 1 rings (SSSR count). The van der Waals surface area contributed by atoms with Crippen LogP contribution in [0.1, 0.15) is 80.9 Å². The van der Waals surface area contributed by atoms with Crippen LogP contribution in [0.5, 0.6) is 0 Å². The van der Waals surface area contributed by atoms with Crippen molar-refractivity contribution in [1.82, 2.24) is 20.9 Å². The van der Waals surface area contributed by atoms with Crippen LogP contribution in [0, 0.1) is 17.8 Å². The van der Waals surface area contributed by atoms with Gasteiger partial charge in [0.25, 0.3) is 11.8 Å². The van der Waals surface area contributed by atoms with E-state index in [1.165, 1.54) is 12.2 Å². The fourth-order valence-corrected chi connectivity index (χ4v) is 3.97.